The Morgan fingerprint density at radius 1 is 0.293 bits per heavy atom. The van der Waals surface area contributed by atoms with Gasteiger partial charge in [0, 0.05) is 99.8 Å². The summed E-state index contributed by atoms with van der Waals surface area (Å²) in [5, 5.41) is 18.7. The molecule has 0 N–H and O–H groups in total. The lowest BCUT2D eigenvalue weighted by Gasteiger charge is -2.21. The van der Waals surface area contributed by atoms with E-state index in [2.05, 4.69) is 291 Å². The Labute approximate surface area is 728 Å². The van der Waals surface area contributed by atoms with E-state index >= 15 is 0 Å². The van der Waals surface area contributed by atoms with Crippen molar-refractivity contribution in [2.24, 2.45) is 45.9 Å². The first-order chi connectivity index (χ1) is 62.4. The molecule has 23 rings (SSSR count). The van der Waals surface area contributed by atoms with Gasteiger partial charge in [0.15, 0.2) is 24.8 Å². The van der Waals surface area contributed by atoms with Crippen molar-refractivity contribution in [3.8, 4) is 56.2 Å². The second kappa shape index (κ2) is 32.9. The molecular formula is C115H106N4O4+4. The molecule has 8 nitrogen and oxygen atoms in total. The van der Waals surface area contributed by atoms with Crippen molar-refractivity contribution >= 4 is 131 Å². The highest BCUT2D eigenvalue weighted by atomic mass is 16.3. The summed E-state index contributed by atoms with van der Waals surface area (Å²) in [6, 6.07) is 94.7. The van der Waals surface area contributed by atoms with Crippen molar-refractivity contribution < 1.29 is 44.2 Å². The molecule has 123 heavy (non-hydrogen) atoms. The van der Waals surface area contributed by atoms with Gasteiger partial charge in [-0.05, 0) is 182 Å². The molecule has 606 valence electrons. The molecule has 2 aliphatic rings. The molecule has 0 amide bonds. The average molecular weight is 1610 g/mol. The number of aromatic nitrogens is 4. The number of aryl methyl sites for hydroxylation is 8. The van der Waals surface area contributed by atoms with Crippen LogP contribution in [0, 0.1) is 45.4 Å². The molecule has 8 heterocycles. The number of pyridine rings is 4. The van der Waals surface area contributed by atoms with Crippen LogP contribution in [-0.2, 0) is 47.3 Å². The van der Waals surface area contributed by atoms with Crippen LogP contribution in [0.4, 0.5) is 0 Å². The van der Waals surface area contributed by atoms with Crippen molar-refractivity contribution in [2.75, 3.05) is 0 Å². The summed E-state index contributed by atoms with van der Waals surface area (Å²) in [4.78, 5) is 0. The number of benzene rings is 13. The van der Waals surface area contributed by atoms with Gasteiger partial charge in [0.1, 0.15) is 72.9 Å². The summed E-state index contributed by atoms with van der Waals surface area (Å²) in [6.07, 6.45) is 13.6. The highest BCUT2D eigenvalue weighted by Crippen LogP contribution is 2.46. The normalized spacial score (nSPS) is 14.5. The summed E-state index contributed by atoms with van der Waals surface area (Å²) < 4.78 is 87.4. The fraction of sp³-hybridized carbons (Fsp3) is 0.217. The van der Waals surface area contributed by atoms with E-state index in [1.54, 1.807) is 0 Å². The lowest BCUT2D eigenvalue weighted by Crippen LogP contribution is -2.31. The molecule has 0 spiro atoms. The third-order valence-corrected chi connectivity index (χ3v) is 25.8. The first-order valence-electron chi connectivity index (χ1n) is 46.8. The van der Waals surface area contributed by atoms with Gasteiger partial charge >= 0.3 is 0 Å². The Balaban J connectivity index is 0.000000108. The molecule has 0 unspecified atom stereocenters. The van der Waals surface area contributed by atoms with Crippen molar-refractivity contribution in [2.45, 2.75) is 118 Å². The summed E-state index contributed by atoms with van der Waals surface area (Å²) in [7, 11) is 8.16. The molecule has 8 heteroatoms. The van der Waals surface area contributed by atoms with Crippen molar-refractivity contribution in [3.05, 3.63) is 337 Å². The lowest BCUT2D eigenvalue weighted by atomic mass is 9.85. The van der Waals surface area contributed by atoms with Gasteiger partial charge in [-0.25, -0.2) is 18.3 Å². The van der Waals surface area contributed by atoms with Crippen LogP contribution in [0.2, 0.25) is 0 Å². The van der Waals surface area contributed by atoms with E-state index < -0.39 is 19.1 Å². The zero-order valence-corrected chi connectivity index (χ0v) is 71.8. The second-order valence-electron chi connectivity index (χ2n) is 34.5. The van der Waals surface area contributed by atoms with Gasteiger partial charge in [-0.1, -0.05) is 272 Å². The highest BCUT2D eigenvalue weighted by Gasteiger charge is 2.29. The Bertz CT molecular complexity index is 8000. The summed E-state index contributed by atoms with van der Waals surface area (Å²) in [5.74, 6) is 0.0475. The Hall–Kier alpha value is -13.3. The van der Waals surface area contributed by atoms with Gasteiger partial charge in [0.2, 0.25) is 22.8 Å². The van der Waals surface area contributed by atoms with Crippen LogP contribution in [0.3, 0.4) is 0 Å². The van der Waals surface area contributed by atoms with Crippen molar-refractivity contribution in [1.82, 2.24) is 0 Å². The molecule has 21 aromatic rings. The van der Waals surface area contributed by atoms with Crippen LogP contribution in [-0.4, -0.2) is 0 Å². The van der Waals surface area contributed by atoms with Gasteiger partial charge in [-0.15, -0.1) is 0 Å². The van der Waals surface area contributed by atoms with E-state index in [1.807, 2.05) is 94.5 Å². The number of hydrogen-bond acceptors (Lipinski definition) is 4. The van der Waals surface area contributed by atoms with Gasteiger partial charge < -0.3 is 17.7 Å². The second-order valence-corrected chi connectivity index (χ2v) is 34.5. The van der Waals surface area contributed by atoms with Gasteiger partial charge in [0.25, 0.3) is 0 Å². The van der Waals surface area contributed by atoms with Gasteiger partial charge in [0.05, 0.1) is 22.3 Å². The number of rotatable bonds is 11. The molecule has 8 aromatic heterocycles. The van der Waals surface area contributed by atoms with Crippen LogP contribution in [0.15, 0.2) is 315 Å². The average Bonchev–Trinajstić information content (AvgIpc) is 1.61. The van der Waals surface area contributed by atoms with E-state index in [0.29, 0.717) is 5.56 Å². The maximum Gasteiger partial charge on any atom is 0.216 e. The number of furan rings is 4. The quantitative estimate of drug-likeness (QED) is 0.121. The SMILES string of the molecule is Cc1ccc2c(oc3ccc4ccccc4c32)c1-c1cc(-c2ccccc2)cc[n+]1C.[2H]C([2H])(c1cc[n+](C)c(-c2c(C)ccc3c2oc2ccc4ccccc4c23)c1)C(C)C.[2H]C([2H])(c1cc[n+](C)c(-c2c(C)ccc3c2oc2ccc4ccccc4c23)c1)C1CCCC1.[2H]C([2H])(c1cc[n+](C)c(-c2c(C)ccc3c2oc2ccc4ccccc4c23)c1)C1CCCCC1. The number of nitrogens with zero attached hydrogens (tertiary/aromatic N) is 4. The molecule has 0 aliphatic heterocycles. The third-order valence-electron chi connectivity index (χ3n) is 25.8. The van der Waals surface area contributed by atoms with Crippen LogP contribution >= 0.6 is 0 Å². The van der Waals surface area contributed by atoms with E-state index in [1.165, 1.54) is 71.6 Å². The maximum absolute atomic E-state index is 9.02. The molecule has 0 radical (unpaired) electrons. The standard InChI is InChI=1S/C30H30NO.C29H28NO.C29H22NO.C27H26NO/c1-20-12-14-25-29-24-11-7-6-10-23(24)13-15-27(29)32-30(25)28(20)26-19-22(16-17-31(26)2)18-21-8-4-3-5-9-21;1-19-11-13-24-28-23-10-6-5-9-22(23)12-14-26(28)31-29(24)27(19)25-18-21(15-16-30(25)2)17-20-7-3-4-8-20;1-19-12-14-24-28-23-11-7-6-10-21(23)13-15-26(28)31-29(24)27(19)25-18-22(16-17-30(25)2)20-8-4-3-5-9-20;1-17(2)15-19-13-14-28(4)23(16-19)25-18(3)9-11-22-26-21-8-6-5-7-20(21)10-12-24(26)29-27(22)25/h6-7,10-17,19,21H,3-5,8-9,18H2,1-2H3;5-6,9-16,18,20H,3-4,7-8,17H2,1-2H3;3-18H,1-2H3;5-14,16-17H,15H2,1-4H3/q4*+1/i18D2;17D2;;15D2. The monoisotopic (exact) mass is 1610 g/mol. The minimum Gasteiger partial charge on any atom is -0.455 e. The molecule has 0 atom stereocenters. The van der Waals surface area contributed by atoms with E-state index in [0.717, 1.165) is 207 Å². The lowest BCUT2D eigenvalue weighted by molar-refractivity contribution is -0.660. The van der Waals surface area contributed by atoms with Gasteiger partial charge in [-0.3, -0.25) is 0 Å². The zero-order chi connectivity index (χ0) is 89.1. The molecule has 2 saturated carbocycles. The van der Waals surface area contributed by atoms with E-state index in [4.69, 9.17) is 25.9 Å². The van der Waals surface area contributed by atoms with Gasteiger partial charge in [-0.2, -0.15) is 0 Å². The summed E-state index contributed by atoms with van der Waals surface area (Å²) in [6.45, 7) is 12.3. The first kappa shape index (κ1) is 71.4. The van der Waals surface area contributed by atoms with E-state index in [9.17, 15) is 0 Å². The predicted octanol–water partition coefficient (Wildman–Crippen LogP) is 28.9. The minimum absolute atomic E-state index is 0.0799. The number of hydrogen-bond donors (Lipinski definition) is 0. The summed E-state index contributed by atoms with van der Waals surface area (Å²) in [5.41, 5.74) is 24.6. The molecule has 2 fully saturated rings. The Morgan fingerprint density at radius 3 is 0.927 bits per heavy atom. The van der Waals surface area contributed by atoms with Crippen LogP contribution < -0.4 is 18.3 Å². The van der Waals surface area contributed by atoms with Crippen LogP contribution in [0.25, 0.3) is 187 Å². The molecular weight excluding hydrogens is 1500 g/mol. The Kier molecular flexibility index (Phi) is 19.1. The van der Waals surface area contributed by atoms with Crippen LogP contribution in [0.5, 0.6) is 0 Å². The fourth-order valence-electron chi connectivity index (χ4n) is 19.6. The van der Waals surface area contributed by atoms with Crippen LogP contribution in [0.1, 0.15) is 119 Å². The number of fused-ring (bicyclic) bond motifs is 20. The largest absolute Gasteiger partial charge is 0.455 e. The topological polar surface area (TPSA) is 68.1 Å². The highest BCUT2D eigenvalue weighted by molar-refractivity contribution is 6.24. The summed E-state index contributed by atoms with van der Waals surface area (Å²) >= 11 is 0. The molecule has 13 aromatic carbocycles. The minimum atomic E-state index is -1.41. The fourth-order valence-corrected chi connectivity index (χ4v) is 19.6. The first-order valence-corrected chi connectivity index (χ1v) is 43.8. The maximum atomic E-state index is 9.02. The molecule has 0 bridgehead atoms. The Morgan fingerprint density at radius 2 is 0.585 bits per heavy atom. The smallest absolute Gasteiger partial charge is 0.216 e. The zero-order valence-electron chi connectivity index (χ0n) is 77.8. The molecule has 0 saturated heterocycles. The van der Waals surface area contributed by atoms with E-state index in [-0.39, 0.29) is 17.8 Å². The van der Waals surface area contributed by atoms with Crippen molar-refractivity contribution in [1.29, 1.82) is 0 Å². The predicted molar refractivity (Wildman–Crippen MR) is 510 cm³/mol. The van der Waals surface area contributed by atoms with Crippen molar-refractivity contribution in [3.63, 3.8) is 0 Å². The molecule has 2 aliphatic carbocycles. The third kappa shape index (κ3) is 14.7.